The minimum atomic E-state index is -0.194. The van der Waals surface area contributed by atoms with Crippen LogP contribution in [0.3, 0.4) is 0 Å². The summed E-state index contributed by atoms with van der Waals surface area (Å²) < 4.78 is 18.5. The molecule has 3 heterocycles. The van der Waals surface area contributed by atoms with Crippen molar-refractivity contribution in [1.82, 2.24) is 20.1 Å². The summed E-state index contributed by atoms with van der Waals surface area (Å²) >= 11 is 0. The van der Waals surface area contributed by atoms with Crippen LogP contribution >= 0.6 is 0 Å². The smallest absolute Gasteiger partial charge is 0.251 e. The highest BCUT2D eigenvalue weighted by Crippen LogP contribution is 2.31. The molecule has 196 valence electrons. The number of piperidine rings is 1. The number of pyridine rings is 1. The van der Waals surface area contributed by atoms with Gasteiger partial charge >= 0.3 is 0 Å². The number of likely N-dealkylation sites (tertiary alicyclic amines) is 1. The summed E-state index contributed by atoms with van der Waals surface area (Å²) in [6.45, 7) is 4.45. The minimum absolute atomic E-state index is 0.0245. The summed E-state index contributed by atoms with van der Waals surface area (Å²) in [6, 6.07) is 15.2. The van der Waals surface area contributed by atoms with E-state index in [2.05, 4.69) is 15.5 Å². The third kappa shape index (κ3) is 5.57. The first-order chi connectivity index (χ1) is 18.1. The number of hydrogen-bond acceptors (Lipinski definition) is 7. The normalized spacial score (nSPS) is 19.5. The Morgan fingerprint density at radius 2 is 1.86 bits per heavy atom. The molecular formula is C28H34N4O5. The second-order valence-electron chi connectivity index (χ2n) is 9.52. The maximum atomic E-state index is 12.8. The predicted molar refractivity (Wildman–Crippen MR) is 141 cm³/mol. The zero-order chi connectivity index (χ0) is 25.8. The molecule has 1 aromatic heterocycles. The number of aromatic nitrogens is 1. The quantitative estimate of drug-likeness (QED) is 0.483. The number of benzene rings is 2. The predicted octanol–water partition coefficient (Wildman–Crippen LogP) is 2.01. The average Bonchev–Trinajstić information content (AvgIpc) is 2.94. The fraction of sp³-hybridized carbons (Fsp3) is 0.429. The molecule has 2 atom stereocenters. The molecule has 9 heteroatoms. The Morgan fingerprint density at radius 3 is 2.68 bits per heavy atom. The van der Waals surface area contributed by atoms with Gasteiger partial charge in [-0.05, 0) is 54.2 Å². The lowest BCUT2D eigenvalue weighted by Crippen LogP contribution is -2.54. The fourth-order valence-electron chi connectivity index (χ4n) is 5.23. The van der Waals surface area contributed by atoms with Crippen molar-refractivity contribution in [2.24, 2.45) is 5.92 Å². The lowest BCUT2D eigenvalue weighted by atomic mass is 9.91. The van der Waals surface area contributed by atoms with E-state index in [4.69, 9.17) is 14.2 Å². The van der Waals surface area contributed by atoms with Crippen LogP contribution in [0.4, 0.5) is 0 Å². The molecule has 2 aliphatic heterocycles. The van der Waals surface area contributed by atoms with Crippen LogP contribution in [0.5, 0.6) is 17.2 Å². The van der Waals surface area contributed by atoms with E-state index in [9.17, 15) is 9.59 Å². The summed E-state index contributed by atoms with van der Waals surface area (Å²) in [4.78, 5) is 27.8. The molecule has 3 aromatic rings. The highest BCUT2D eigenvalue weighted by Gasteiger charge is 2.33. The summed E-state index contributed by atoms with van der Waals surface area (Å²) in [6.07, 6.45) is 0.834. The number of fused-ring (bicyclic) bond motifs is 2. The largest absolute Gasteiger partial charge is 0.497 e. The number of hydrogen-bond donors (Lipinski definition) is 2. The Morgan fingerprint density at radius 1 is 1.05 bits per heavy atom. The molecule has 1 amide bonds. The SMILES string of the molecule is CNC(=O)C1CN(CCn2c(=O)ccc3ccc(OC)cc32)CCC1NCc1ccc2c(c1)OCCO2. The van der Waals surface area contributed by atoms with Crippen LogP contribution in [0, 0.1) is 5.92 Å². The van der Waals surface area contributed by atoms with Gasteiger partial charge in [-0.1, -0.05) is 6.07 Å². The van der Waals surface area contributed by atoms with E-state index in [0.717, 1.165) is 46.7 Å². The maximum Gasteiger partial charge on any atom is 0.251 e. The van der Waals surface area contributed by atoms with E-state index in [1.807, 2.05) is 42.5 Å². The molecule has 1 saturated heterocycles. The van der Waals surface area contributed by atoms with Gasteiger partial charge in [0.15, 0.2) is 11.5 Å². The number of nitrogens with zero attached hydrogens (tertiary/aromatic N) is 2. The first-order valence-electron chi connectivity index (χ1n) is 12.8. The number of carbonyl (C=O) groups is 1. The molecule has 2 unspecified atom stereocenters. The van der Waals surface area contributed by atoms with E-state index in [-0.39, 0.29) is 23.4 Å². The molecule has 0 aliphatic carbocycles. The summed E-state index contributed by atoms with van der Waals surface area (Å²) in [5.74, 6) is 2.09. The number of nitrogens with one attached hydrogen (secondary N) is 2. The van der Waals surface area contributed by atoms with Gasteiger partial charge in [0, 0.05) is 51.4 Å². The number of rotatable bonds is 8. The van der Waals surface area contributed by atoms with Crippen LogP contribution in [0.1, 0.15) is 12.0 Å². The fourth-order valence-corrected chi connectivity index (χ4v) is 5.23. The van der Waals surface area contributed by atoms with Gasteiger partial charge in [-0.3, -0.25) is 9.59 Å². The maximum absolute atomic E-state index is 12.8. The van der Waals surface area contributed by atoms with Crippen molar-refractivity contribution in [3.63, 3.8) is 0 Å². The second kappa shape index (κ2) is 11.2. The van der Waals surface area contributed by atoms with Gasteiger partial charge in [0.25, 0.3) is 5.56 Å². The van der Waals surface area contributed by atoms with Gasteiger partial charge < -0.3 is 34.3 Å². The van der Waals surface area contributed by atoms with Gasteiger partial charge in [-0.2, -0.15) is 0 Å². The minimum Gasteiger partial charge on any atom is -0.497 e. The Balaban J connectivity index is 1.24. The number of methoxy groups -OCH3 is 1. The van der Waals surface area contributed by atoms with Crippen LogP contribution in [0.25, 0.3) is 10.9 Å². The van der Waals surface area contributed by atoms with E-state index in [0.29, 0.717) is 39.4 Å². The van der Waals surface area contributed by atoms with E-state index >= 15 is 0 Å². The molecule has 0 radical (unpaired) electrons. The van der Waals surface area contributed by atoms with E-state index in [1.54, 1.807) is 24.8 Å². The van der Waals surface area contributed by atoms with Gasteiger partial charge in [0.2, 0.25) is 5.91 Å². The van der Waals surface area contributed by atoms with Gasteiger partial charge in [0.1, 0.15) is 19.0 Å². The Labute approximate surface area is 216 Å². The van der Waals surface area contributed by atoms with Crippen molar-refractivity contribution in [2.45, 2.75) is 25.6 Å². The Hall–Kier alpha value is -3.56. The lowest BCUT2D eigenvalue weighted by Gasteiger charge is -2.38. The first kappa shape index (κ1) is 25.1. The Kier molecular flexibility index (Phi) is 7.62. The zero-order valence-electron chi connectivity index (χ0n) is 21.4. The van der Waals surface area contributed by atoms with Crippen molar-refractivity contribution in [3.8, 4) is 17.2 Å². The van der Waals surface area contributed by atoms with Gasteiger partial charge in [0.05, 0.1) is 18.5 Å². The monoisotopic (exact) mass is 506 g/mol. The molecule has 2 N–H and O–H groups in total. The molecule has 0 saturated carbocycles. The Bertz CT molecular complexity index is 1320. The second-order valence-corrected chi connectivity index (χ2v) is 9.52. The summed E-state index contributed by atoms with van der Waals surface area (Å²) in [5, 5.41) is 7.42. The first-order valence-corrected chi connectivity index (χ1v) is 12.8. The van der Waals surface area contributed by atoms with Crippen LogP contribution in [0.15, 0.2) is 53.3 Å². The third-order valence-corrected chi connectivity index (χ3v) is 7.29. The highest BCUT2D eigenvalue weighted by atomic mass is 16.6. The molecule has 9 nitrogen and oxygen atoms in total. The number of amides is 1. The van der Waals surface area contributed by atoms with Crippen LogP contribution < -0.4 is 30.4 Å². The van der Waals surface area contributed by atoms with Crippen molar-refractivity contribution >= 4 is 16.8 Å². The summed E-state index contributed by atoms with van der Waals surface area (Å²) in [7, 11) is 3.31. The van der Waals surface area contributed by atoms with Crippen molar-refractivity contribution in [3.05, 3.63) is 64.4 Å². The average molecular weight is 507 g/mol. The van der Waals surface area contributed by atoms with Crippen molar-refractivity contribution in [1.29, 1.82) is 0 Å². The third-order valence-electron chi connectivity index (χ3n) is 7.29. The van der Waals surface area contributed by atoms with E-state index < -0.39 is 0 Å². The standard InChI is InChI=1S/C28H34N4O5/c1-29-28(34)22-18-31(11-12-32-24-16-21(35-2)6-4-20(24)5-8-27(32)33)10-9-23(22)30-17-19-3-7-25-26(15-19)37-14-13-36-25/h3-8,15-16,22-23,30H,9-14,17-18H2,1-2H3,(H,29,34). The zero-order valence-corrected chi connectivity index (χ0v) is 21.4. The molecule has 5 rings (SSSR count). The topological polar surface area (TPSA) is 94.1 Å². The molecule has 1 fully saturated rings. The lowest BCUT2D eigenvalue weighted by molar-refractivity contribution is -0.127. The highest BCUT2D eigenvalue weighted by molar-refractivity contribution is 5.80. The number of carbonyl (C=O) groups excluding carboxylic acids is 1. The molecule has 0 bridgehead atoms. The molecule has 0 spiro atoms. The van der Waals surface area contributed by atoms with Crippen LogP contribution in [-0.4, -0.2) is 68.4 Å². The van der Waals surface area contributed by atoms with E-state index in [1.165, 1.54) is 0 Å². The molecular weight excluding hydrogens is 472 g/mol. The molecule has 37 heavy (non-hydrogen) atoms. The summed E-state index contributed by atoms with van der Waals surface area (Å²) in [5.41, 5.74) is 1.90. The molecule has 2 aromatic carbocycles. The van der Waals surface area contributed by atoms with Gasteiger partial charge in [-0.15, -0.1) is 0 Å². The van der Waals surface area contributed by atoms with Crippen molar-refractivity contribution < 1.29 is 19.0 Å². The van der Waals surface area contributed by atoms with Crippen molar-refractivity contribution in [2.75, 3.05) is 47.0 Å². The van der Waals surface area contributed by atoms with Crippen LogP contribution in [0.2, 0.25) is 0 Å². The van der Waals surface area contributed by atoms with Crippen LogP contribution in [-0.2, 0) is 17.9 Å². The molecule has 2 aliphatic rings. The number of ether oxygens (including phenoxy) is 3. The van der Waals surface area contributed by atoms with Gasteiger partial charge in [-0.25, -0.2) is 0 Å².